The number of aryl methyl sites for hydroxylation is 1. The fourth-order valence-electron chi connectivity index (χ4n) is 0.622. The molecule has 0 aromatic heterocycles. The molecule has 1 aromatic rings. The molecule has 10 heavy (non-hydrogen) atoms. The third-order valence-corrected chi connectivity index (χ3v) is 3.45. The highest BCUT2D eigenvalue weighted by molar-refractivity contribution is 9.13. The quantitative estimate of drug-likeness (QED) is 0.627. The molecule has 3 heteroatoms. The van der Waals surface area contributed by atoms with Crippen molar-refractivity contribution >= 4 is 43.5 Å². The highest BCUT2D eigenvalue weighted by atomic mass is 79.9. The summed E-state index contributed by atoms with van der Waals surface area (Å²) in [6, 6.07) is 3.85. The Balaban J connectivity index is 3.28. The number of benzene rings is 1. The number of hydrogen-bond acceptors (Lipinski definition) is 0. The molecule has 1 rings (SSSR count). The van der Waals surface area contributed by atoms with Crippen LogP contribution in [0.5, 0.6) is 0 Å². The number of hydrogen-bond donors (Lipinski definition) is 0. The molecule has 0 bridgehead atoms. The van der Waals surface area contributed by atoms with E-state index < -0.39 is 0 Å². The van der Waals surface area contributed by atoms with E-state index in [2.05, 4.69) is 31.9 Å². The van der Waals surface area contributed by atoms with Crippen molar-refractivity contribution in [3.05, 3.63) is 31.7 Å². The fourth-order valence-corrected chi connectivity index (χ4v) is 1.72. The molecule has 0 aliphatic heterocycles. The largest absolute Gasteiger partial charge is 0.0840 e. The fraction of sp³-hybridized carbons (Fsp3) is 0.143. The van der Waals surface area contributed by atoms with Crippen LogP contribution in [0.4, 0.5) is 0 Å². The van der Waals surface area contributed by atoms with Crippen LogP contribution < -0.4 is 0 Å². The first kappa shape index (κ1) is 8.57. The predicted molar refractivity (Wildman–Crippen MR) is 51.6 cm³/mol. The summed E-state index contributed by atoms with van der Waals surface area (Å²) in [5, 5.41) is 0.787. The molecule has 0 radical (unpaired) electrons. The molecule has 0 nitrogen and oxygen atoms in total. The summed E-state index contributed by atoms with van der Waals surface area (Å²) in [5.74, 6) is 0. The molecule has 0 fully saturated rings. The second-order valence-corrected chi connectivity index (χ2v) is 4.13. The maximum absolute atomic E-state index is 5.84. The predicted octanol–water partition coefficient (Wildman–Crippen LogP) is 4.17. The van der Waals surface area contributed by atoms with E-state index >= 15 is 0 Å². The van der Waals surface area contributed by atoms with E-state index in [-0.39, 0.29) is 0 Å². The minimum Gasteiger partial charge on any atom is -0.0840 e. The highest BCUT2D eigenvalue weighted by Gasteiger charge is 1.99. The molecule has 0 spiro atoms. The third-order valence-electron chi connectivity index (χ3n) is 1.20. The SMILES string of the molecule is Cc1cc(Br)c(Br)cc1Cl. The van der Waals surface area contributed by atoms with Crippen LogP contribution in [-0.4, -0.2) is 0 Å². The van der Waals surface area contributed by atoms with Gasteiger partial charge in [-0.05, 0) is 56.5 Å². The summed E-state index contributed by atoms with van der Waals surface area (Å²) in [6.45, 7) is 1.97. The first-order valence-electron chi connectivity index (χ1n) is 2.72. The molecular weight excluding hydrogens is 279 g/mol. The minimum absolute atomic E-state index is 0.787. The summed E-state index contributed by atoms with van der Waals surface area (Å²) >= 11 is 12.6. The molecule has 0 atom stereocenters. The zero-order chi connectivity index (χ0) is 7.72. The van der Waals surface area contributed by atoms with Crippen LogP contribution in [0, 0.1) is 6.92 Å². The Labute approximate surface area is 81.8 Å². The first-order valence-corrected chi connectivity index (χ1v) is 4.69. The van der Waals surface area contributed by atoms with Crippen molar-refractivity contribution in [2.24, 2.45) is 0 Å². The number of rotatable bonds is 0. The summed E-state index contributed by atoms with van der Waals surface area (Å²) in [5.41, 5.74) is 1.08. The van der Waals surface area contributed by atoms with Gasteiger partial charge in [0.15, 0.2) is 0 Å². The van der Waals surface area contributed by atoms with Crippen molar-refractivity contribution in [1.29, 1.82) is 0 Å². The van der Waals surface area contributed by atoms with Gasteiger partial charge in [-0.3, -0.25) is 0 Å². The number of halogens is 3. The van der Waals surface area contributed by atoms with E-state index in [0.717, 1.165) is 19.5 Å². The van der Waals surface area contributed by atoms with Gasteiger partial charge < -0.3 is 0 Å². The van der Waals surface area contributed by atoms with E-state index in [9.17, 15) is 0 Å². The Morgan fingerprint density at radius 1 is 1.20 bits per heavy atom. The summed E-state index contributed by atoms with van der Waals surface area (Å²) in [6.07, 6.45) is 0. The third kappa shape index (κ3) is 1.74. The van der Waals surface area contributed by atoms with Crippen molar-refractivity contribution < 1.29 is 0 Å². The first-order chi connectivity index (χ1) is 4.61. The van der Waals surface area contributed by atoms with Crippen LogP contribution in [0.25, 0.3) is 0 Å². The topological polar surface area (TPSA) is 0 Å². The Hall–Kier alpha value is 0.470. The van der Waals surface area contributed by atoms with Gasteiger partial charge in [0.05, 0.1) is 0 Å². The van der Waals surface area contributed by atoms with Crippen molar-refractivity contribution in [3.8, 4) is 0 Å². The lowest BCUT2D eigenvalue weighted by Gasteiger charge is -1.99. The van der Waals surface area contributed by atoms with E-state index in [0.29, 0.717) is 0 Å². The second kappa shape index (κ2) is 3.24. The molecule has 0 heterocycles. The molecule has 0 N–H and O–H groups in total. The monoisotopic (exact) mass is 282 g/mol. The molecule has 54 valence electrons. The summed E-state index contributed by atoms with van der Waals surface area (Å²) in [7, 11) is 0. The van der Waals surface area contributed by atoms with Crippen molar-refractivity contribution in [2.45, 2.75) is 6.92 Å². The van der Waals surface area contributed by atoms with Crippen LogP contribution >= 0.6 is 43.5 Å². The normalized spacial score (nSPS) is 10.0. The van der Waals surface area contributed by atoms with Crippen LogP contribution in [0.15, 0.2) is 21.1 Å². The van der Waals surface area contributed by atoms with E-state index in [1.54, 1.807) is 0 Å². The van der Waals surface area contributed by atoms with Gasteiger partial charge in [-0.25, -0.2) is 0 Å². The van der Waals surface area contributed by atoms with Gasteiger partial charge in [0.2, 0.25) is 0 Å². The summed E-state index contributed by atoms with van der Waals surface area (Å²) < 4.78 is 2.03. The molecule has 0 aliphatic carbocycles. The maximum atomic E-state index is 5.84. The van der Waals surface area contributed by atoms with Crippen LogP contribution in [0.2, 0.25) is 5.02 Å². The van der Waals surface area contributed by atoms with Gasteiger partial charge in [-0.2, -0.15) is 0 Å². The highest BCUT2D eigenvalue weighted by Crippen LogP contribution is 2.28. The van der Waals surface area contributed by atoms with Gasteiger partial charge in [-0.1, -0.05) is 11.6 Å². The lowest BCUT2D eigenvalue weighted by molar-refractivity contribution is 1.43. The summed E-state index contributed by atoms with van der Waals surface area (Å²) in [4.78, 5) is 0. The zero-order valence-electron chi connectivity index (χ0n) is 5.29. The van der Waals surface area contributed by atoms with E-state index in [1.165, 1.54) is 0 Å². The lowest BCUT2D eigenvalue weighted by Crippen LogP contribution is -1.76. The molecule has 1 aromatic carbocycles. The van der Waals surface area contributed by atoms with E-state index in [4.69, 9.17) is 11.6 Å². The van der Waals surface area contributed by atoms with E-state index in [1.807, 2.05) is 19.1 Å². The van der Waals surface area contributed by atoms with Gasteiger partial charge in [0.1, 0.15) is 0 Å². The van der Waals surface area contributed by atoms with Crippen LogP contribution in [-0.2, 0) is 0 Å². The Bertz CT molecular complexity index is 208. The smallest absolute Gasteiger partial charge is 0.0447 e. The lowest BCUT2D eigenvalue weighted by atomic mass is 10.2. The minimum atomic E-state index is 0.787. The molecule has 0 amide bonds. The maximum Gasteiger partial charge on any atom is 0.0447 e. The molecule has 0 saturated carbocycles. The van der Waals surface area contributed by atoms with Gasteiger partial charge >= 0.3 is 0 Å². The van der Waals surface area contributed by atoms with Crippen LogP contribution in [0.1, 0.15) is 5.56 Å². The molecular formula is C7H5Br2Cl. The van der Waals surface area contributed by atoms with Crippen molar-refractivity contribution in [1.82, 2.24) is 0 Å². The Morgan fingerprint density at radius 2 is 1.70 bits per heavy atom. The van der Waals surface area contributed by atoms with Gasteiger partial charge in [0.25, 0.3) is 0 Å². The van der Waals surface area contributed by atoms with Crippen LogP contribution in [0.3, 0.4) is 0 Å². The molecule has 0 aliphatic rings. The molecule has 0 unspecified atom stereocenters. The average molecular weight is 284 g/mol. The zero-order valence-corrected chi connectivity index (χ0v) is 9.22. The van der Waals surface area contributed by atoms with Crippen molar-refractivity contribution in [3.63, 3.8) is 0 Å². The Morgan fingerprint density at radius 3 is 2.20 bits per heavy atom. The second-order valence-electron chi connectivity index (χ2n) is 2.02. The standard InChI is InChI=1S/C7H5Br2Cl/c1-4-2-5(8)6(9)3-7(4)10/h2-3H,1H3. The van der Waals surface area contributed by atoms with Gasteiger partial charge in [-0.15, -0.1) is 0 Å². The van der Waals surface area contributed by atoms with Crippen molar-refractivity contribution in [2.75, 3.05) is 0 Å². The Kier molecular flexibility index (Phi) is 2.78. The molecule has 0 saturated heterocycles. The average Bonchev–Trinajstić information content (AvgIpc) is 1.84. The van der Waals surface area contributed by atoms with Gasteiger partial charge in [0, 0.05) is 14.0 Å².